The minimum Gasteiger partial charge on any atom is -0.314 e. The van der Waals surface area contributed by atoms with Gasteiger partial charge in [-0.3, -0.25) is 5.10 Å². The second-order valence-electron chi connectivity index (χ2n) is 5.45. The van der Waals surface area contributed by atoms with Gasteiger partial charge < -0.3 is 5.32 Å². The lowest BCUT2D eigenvalue weighted by Gasteiger charge is -2.32. The van der Waals surface area contributed by atoms with Gasteiger partial charge in [0.25, 0.3) is 0 Å². The van der Waals surface area contributed by atoms with Crippen molar-refractivity contribution < 1.29 is 0 Å². The van der Waals surface area contributed by atoms with Crippen LogP contribution in [0.5, 0.6) is 0 Å². The topological polar surface area (TPSA) is 53.6 Å². The van der Waals surface area contributed by atoms with Gasteiger partial charge in [-0.05, 0) is 44.1 Å². The highest BCUT2D eigenvalue weighted by Crippen LogP contribution is 2.29. The average molecular weight is 236 g/mol. The Kier molecular flexibility index (Phi) is 4.54. The van der Waals surface area contributed by atoms with Crippen LogP contribution in [0.3, 0.4) is 0 Å². The molecule has 17 heavy (non-hydrogen) atoms. The first-order chi connectivity index (χ1) is 8.25. The second kappa shape index (κ2) is 6.15. The first kappa shape index (κ1) is 12.6. The zero-order valence-corrected chi connectivity index (χ0v) is 10.9. The van der Waals surface area contributed by atoms with Crippen molar-refractivity contribution in [1.82, 2.24) is 20.5 Å². The third kappa shape index (κ3) is 3.80. The van der Waals surface area contributed by atoms with E-state index in [1.165, 1.54) is 19.3 Å². The molecule has 1 saturated carbocycles. The van der Waals surface area contributed by atoms with Crippen LogP contribution in [-0.4, -0.2) is 27.8 Å². The van der Waals surface area contributed by atoms with Crippen molar-refractivity contribution in [3.63, 3.8) is 0 Å². The Morgan fingerprint density at radius 1 is 1.35 bits per heavy atom. The SMILES string of the molecule is CC1CCC(NCCCc2ncn[nH]2)CC1C. The summed E-state index contributed by atoms with van der Waals surface area (Å²) in [6, 6.07) is 0.732. The summed E-state index contributed by atoms with van der Waals surface area (Å²) in [5.41, 5.74) is 0. The molecule has 2 N–H and O–H groups in total. The predicted octanol–water partition coefficient (Wildman–Crippen LogP) is 2.15. The third-order valence-electron chi connectivity index (χ3n) is 4.09. The fraction of sp³-hybridized carbons (Fsp3) is 0.846. The van der Waals surface area contributed by atoms with Gasteiger partial charge in [0.1, 0.15) is 12.2 Å². The van der Waals surface area contributed by atoms with Crippen molar-refractivity contribution >= 4 is 0 Å². The molecule has 1 aliphatic rings. The summed E-state index contributed by atoms with van der Waals surface area (Å²) < 4.78 is 0. The van der Waals surface area contributed by atoms with Crippen LogP contribution in [0.2, 0.25) is 0 Å². The Balaban J connectivity index is 1.59. The molecule has 1 aliphatic carbocycles. The van der Waals surface area contributed by atoms with Crippen molar-refractivity contribution in [1.29, 1.82) is 0 Å². The molecule has 1 aromatic rings. The van der Waals surface area contributed by atoms with Gasteiger partial charge in [-0.1, -0.05) is 13.8 Å². The van der Waals surface area contributed by atoms with Crippen LogP contribution in [0.25, 0.3) is 0 Å². The molecule has 0 aromatic carbocycles. The van der Waals surface area contributed by atoms with Crippen LogP contribution < -0.4 is 5.32 Å². The molecule has 0 aliphatic heterocycles. The van der Waals surface area contributed by atoms with Crippen LogP contribution in [0.1, 0.15) is 45.4 Å². The minimum atomic E-state index is 0.732. The lowest BCUT2D eigenvalue weighted by molar-refractivity contribution is 0.226. The molecule has 0 amide bonds. The number of aromatic nitrogens is 3. The third-order valence-corrected chi connectivity index (χ3v) is 4.09. The first-order valence-corrected chi connectivity index (χ1v) is 6.83. The van der Waals surface area contributed by atoms with Gasteiger partial charge in [0.05, 0.1) is 0 Å². The minimum absolute atomic E-state index is 0.732. The second-order valence-corrected chi connectivity index (χ2v) is 5.45. The summed E-state index contributed by atoms with van der Waals surface area (Å²) in [5, 5.41) is 10.4. The Morgan fingerprint density at radius 3 is 2.94 bits per heavy atom. The maximum atomic E-state index is 4.13. The number of nitrogens with zero attached hydrogens (tertiary/aromatic N) is 2. The van der Waals surface area contributed by atoms with E-state index in [9.17, 15) is 0 Å². The normalized spacial score (nSPS) is 29.4. The van der Waals surface area contributed by atoms with Crippen molar-refractivity contribution in [3.05, 3.63) is 12.2 Å². The number of rotatable bonds is 5. The molecule has 0 radical (unpaired) electrons. The number of nitrogens with one attached hydrogen (secondary N) is 2. The van der Waals surface area contributed by atoms with E-state index in [4.69, 9.17) is 0 Å². The van der Waals surface area contributed by atoms with E-state index in [2.05, 4.69) is 34.3 Å². The molecular formula is C13H24N4. The van der Waals surface area contributed by atoms with Gasteiger partial charge >= 0.3 is 0 Å². The average Bonchev–Trinajstić information content (AvgIpc) is 2.82. The van der Waals surface area contributed by atoms with Crippen LogP contribution in [-0.2, 0) is 6.42 Å². The van der Waals surface area contributed by atoms with E-state index in [0.29, 0.717) is 0 Å². The van der Waals surface area contributed by atoms with E-state index in [0.717, 1.165) is 43.1 Å². The van der Waals surface area contributed by atoms with Gasteiger partial charge in [0.15, 0.2) is 0 Å². The maximum absolute atomic E-state index is 4.13. The zero-order chi connectivity index (χ0) is 12.1. The van der Waals surface area contributed by atoms with Gasteiger partial charge in [-0.25, -0.2) is 4.98 Å². The Labute approximate surface area is 104 Å². The van der Waals surface area contributed by atoms with Crippen molar-refractivity contribution in [2.45, 2.75) is 52.0 Å². The van der Waals surface area contributed by atoms with Gasteiger partial charge in [0.2, 0.25) is 0 Å². The Bertz CT molecular complexity index is 309. The number of hydrogen-bond donors (Lipinski definition) is 2. The number of hydrogen-bond acceptors (Lipinski definition) is 3. The monoisotopic (exact) mass is 236 g/mol. The van der Waals surface area contributed by atoms with E-state index in [1.54, 1.807) is 6.33 Å². The molecule has 0 bridgehead atoms. The molecule has 4 heteroatoms. The van der Waals surface area contributed by atoms with Crippen molar-refractivity contribution in [3.8, 4) is 0 Å². The quantitative estimate of drug-likeness (QED) is 0.770. The molecule has 1 heterocycles. The molecule has 1 fully saturated rings. The molecule has 96 valence electrons. The fourth-order valence-corrected chi connectivity index (χ4v) is 2.65. The van der Waals surface area contributed by atoms with E-state index in [-0.39, 0.29) is 0 Å². The van der Waals surface area contributed by atoms with Gasteiger partial charge in [-0.15, -0.1) is 0 Å². The number of H-pyrrole nitrogens is 1. The summed E-state index contributed by atoms with van der Waals surface area (Å²) in [6.45, 7) is 5.85. The van der Waals surface area contributed by atoms with Crippen LogP contribution in [0.15, 0.2) is 6.33 Å². The molecule has 3 unspecified atom stereocenters. The van der Waals surface area contributed by atoms with E-state index >= 15 is 0 Å². The van der Waals surface area contributed by atoms with E-state index in [1.807, 2.05) is 0 Å². The molecular weight excluding hydrogens is 212 g/mol. The van der Waals surface area contributed by atoms with Gasteiger partial charge in [-0.2, -0.15) is 5.10 Å². The predicted molar refractivity (Wildman–Crippen MR) is 68.7 cm³/mol. The fourth-order valence-electron chi connectivity index (χ4n) is 2.65. The highest BCUT2D eigenvalue weighted by Gasteiger charge is 2.23. The Morgan fingerprint density at radius 2 is 2.24 bits per heavy atom. The van der Waals surface area contributed by atoms with Crippen molar-refractivity contribution in [2.75, 3.05) is 6.54 Å². The summed E-state index contributed by atoms with van der Waals surface area (Å²) in [4.78, 5) is 4.13. The maximum Gasteiger partial charge on any atom is 0.137 e. The molecule has 2 rings (SSSR count). The van der Waals surface area contributed by atoms with Gasteiger partial charge in [0, 0.05) is 12.5 Å². The molecule has 3 atom stereocenters. The lowest BCUT2D eigenvalue weighted by Crippen LogP contribution is -2.36. The largest absolute Gasteiger partial charge is 0.314 e. The highest BCUT2D eigenvalue weighted by atomic mass is 15.2. The molecule has 1 aromatic heterocycles. The summed E-state index contributed by atoms with van der Waals surface area (Å²) >= 11 is 0. The summed E-state index contributed by atoms with van der Waals surface area (Å²) in [5.74, 6) is 2.77. The summed E-state index contributed by atoms with van der Waals surface area (Å²) in [6.07, 6.45) is 7.76. The van der Waals surface area contributed by atoms with Crippen LogP contribution >= 0.6 is 0 Å². The molecule has 4 nitrogen and oxygen atoms in total. The standard InChI is InChI=1S/C13H24N4/c1-10-5-6-12(8-11(10)2)14-7-3-4-13-15-9-16-17-13/h9-12,14H,3-8H2,1-2H3,(H,15,16,17). The van der Waals surface area contributed by atoms with Crippen LogP contribution in [0, 0.1) is 11.8 Å². The number of aryl methyl sites for hydroxylation is 1. The summed E-state index contributed by atoms with van der Waals surface area (Å²) in [7, 11) is 0. The molecule has 0 saturated heterocycles. The lowest BCUT2D eigenvalue weighted by atomic mass is 9.79. The number of aromatic amines is 1. The first-order valence-electron chi connectivity index (χ1n) is 6.83. The Hall–Kier alpha value is -0.900. The highest BCUT2D eigenvalue weighted by molar-refractivity contribution is 4.82. The van der Waals surface area contributed by atoms with Crippen LogP contribution in [0.4, 0.5) is 0 Å². The molecule has 0 spiro atoms. The zero-order valence-electron chi connectivity index (χ0n) is 10.9. The van der Waals surface area contributed by atoms with E-state index < -0.39 is 0 Å². The van der Waals surface area contributed by atoms with Crippen molar-refractivity contribution in [2.24, 2.45) is 11.8 Å². The smallest absolute Gasteiger partial charge is 0.137 e.